The van der Waals surface area contributed by atoms with E-state index in [4.69, 9.17) is 0 Å². The highest BCUT2D eigenvalue weighted by atomic mass is 16.3. The number of rotatable bonds is 5. The molecule has 0 saturated heterocycles. The van der Waals surface area contributed by atoms with Crippen LogP contribution in [-0.4, -0.2) is 23.7 Å². The first kappa shape index (κ1) is 12.2. The van der Waals surface area contributed by atoms with Gasteiger partial charge in [0, 0.05) is 12.5 Å². The SMILES string of the molecule is CCC(C)C(O)CNC(=O)C1CC=CC1. The van der Waals surface area contributed by atoms with Crippen LogP contribution in [0.3, 0.4) is 0 Å². The second-order valence-electron chi connectivity index (χ2n) is 4.34. The van der Waals surface area contributed by atoms with Gasteiger partial charge in [-0.2, -0.15) is 0 Å². The zero-order chi connectivity index (χ0) is 11.3. The van der Waals surface area contributed by atoms with Crippen LogP contribution in [0.5, 0.6) is 0 Å². The van der Waals surface area contributed by atoms with Crippen molar-refractivity contribution in [2.75, 3.05) is 6.54 Å². The molecule has 0 radical (unpaired) electrons. The van der Waals surface area contributed by atoms with E-state index in [0.29, 0.717) is 6.54 Å². The second-order valence-corrected chi connectivity index (χ2v) is 4.34. The molecule has 0 saturated carbocycles. The van der Waals surface area contributed by atoms with E-state index in [9.17, 15) is 9.90 Å². The standard InChI is InChI=1S/C12H21NO2/c1-3-9(2)11(14)8-13-12(15)10-6-4-5-7-10/h4-5,9-11,14H,3,6-8H2,1-2H3,(H,13,15). The predicted molar refractivity (Wildman–Crippen MR) is 60.3 cm³/mol. The van der Waals surface area contributed by atoms with Crippen molar-refractivity contribution in [3.63, 3.8) is 0 Å². The number of hydrogen-bond acceptors (Lipinski definition) is 2. The number of hydrogen-bond donors (Lipinski definition) is 2. The Labute approximate surface area is 91.6 Å². The van der Waals surface area contributed by atoms with E-state index in [2.05, 4.69) is 5.32 Å². The molecule has 3 nitrogen and oxygen atoms in total. The summed E-state index contributed by atoms with van der Waals surface area (Å²) < 4.78 is 0. The Balaban J connectivity index is 2.21. The van der Waals surface area contributed by atoms with Crippen molar-refractivity contribution >= 4 is 5.91 Å². The molecular formula is C12H21NO2. The molecule has 3 heteroatoms. The van der Waals surface area contributed by atoms with Crippen LogP contribution in [0.25, 0.3) is 0 Å². The molecule has 2 N–H and O–H groups in total. The molecule has 0 heterocycles. The summed E-state index contributed by atoms with van der Waals surface area (Å²) in [5.74, 6) is 0.406. The summed E-state index contributed by atoms with van der Waals surface area (Å²) in [6, 6.07) is 0. The molecule has 1 aliphatic rings. The molecular weight excluding hydrogens is 190 g/mol. The fraction of sp³-hybridized carbons (Fsp3) is 0.750. The molecule has 0 bridgehead atoms. The van der Waals surface area contributed by atoms with Gasteiger partial charge in [-0.05, 0) is 18.8 Å². The molecule has 1 aliphatic carbocycles. The van der Waals surface area contributed by atoms with Crippen LogP contribution in [0.2, 0.25) is 0 Å². The average molecular weight is 211 g/mol. The average Bonchev–Trinajstić information content (AvgIpc) is 2.77. The molecule has 0 aromatic heterocycles. The van der Waals surface area contributed by atoms with Crippen molar-refractivity contribution in [3.8, 4) is 0 Å². The maximum atomic E-state index is 11.6. The number of carbonyl (C=O) groups excluding carboxylic acids is 1. The van der Waals surface area contributed by atoms with Gasteiger partial charge < -0.3 is 10.4 Å². The Morgan fingerprint density at radius 1 is 1.53 bits per heavy atom. The van der Waals surface area contributed by atoms with Crippen molar-refractivity contribution in [2.24, 2.45) is 11.8 Å². The van der Waals surface area contributed by atoms with Crippen LogP contribution in [0.4, 0.5) is 0 Å². The first-order valence-electron chi connectivity index (χ1n) is 5.76. The van der Waals surface area contributed by atoms with Crippen molar-refractivity contribution in [1.29, 1.82) is 0 Å². The predicted octanol–water partition coefficient (Wildman–Crippen LogP) is 1.48. The van der Waals surface area contributed by atoms with Gasteiger partial charge in [-0.15, -0.1) is 0 Å². The molecule has 86 valence electrons. The topological polar surface area (TPSA) is 49.3 Å². The Kier molecular flexibility index (Phi) is 4.82. The van der Waals surface area contributed by atoms with Gasteiger partial charge in [-0.25, -0.2) is 0 Å². The quantitative estimate of drug-likeness (QED) is 0.677. The normalized spacial score (nSPS) is 20.2. The fourth-order valence-corrected chi connectivity index (χ4v) is 1.65. The third kappa shape index (κ3) is 3.67. The highest BCUT2D eigenvalue weighted by Gasteiger charge is 2.20. The largest absolute Gasteiger partial charge is 0.391 e. The molecule has 0 aliphatic heterocycles. The lowest BCUT2D eigenvalue weighted by Crippen LogP contribution is -2.38. The number of nitrogens with one attached hydrogen (secondary N) is 1. The van der Waals surface area contributed by atoms with E-state index in [1.165, 1.54) is 0 Å². The monoisotopic (exact) mass is 211 g/mol. The third-order valence-electron chi connectivity index (χ3n) is 3.16. The van der Waals surface area contributed by atoms with Crippen molar-refractivity contribution in [3.05, 3.63) is 12.2 Å². The van der Waals surface area contributed by atoms with Gasteiger partial charge in [0.1, 0.15) is 0 Å². The highest BCUT2D eigenvalue weighted by molar-refractivity contribution is 5.79. The van der Waals surface area contributed by atoms with E-state index in [1.807, 2.05) is 26.0 Å². The molecule has 0 fully saturated rings. The number of aliphatic hydroxyl groups excluding tert-OH is 1. The van der Waals surface area contributed by atoms with Gasteiger partial charge in [0.15, 0.2) is 0 Å². The maximum Gasteiger partial charge on any atom is 0.223 e. The summed E-state index contributed by atoms with van der Waals surface area (Å²) in [4.78, 5) is 11.6. The van der Waals surface area contributed by atoms with Crippen LogP contribution in [0.1, 0.15) is 33.1 Å². The van der Waals surface area contributed by atoms with Crippen LogP contribution in [0.15, 0.2) is 12.2 Å². The molecule has 0 spiro atoms. The van der Waals surface area contributed by atoms with Gasteiger partial charge in [-0.3, -0.25) is 4.79 Å². The van der Waals surface area contributed by atoms with Gasteiger partial charge >= 0.3 is 0 Å². The van der Waals surface area contributed by atoms with E-state index in [1.54, 1.807) is 0 Å². The number of amides is 1. The molecule has 2 atom stereocenters. The van der Waals surface area contributed by atoms with Crippen LogP contribution >= 0.6 is 0 Å². The minimum Gasteiger partial charge on any atom is -0.391 e. The summed E-state index contributed by atoms with van der Waals surface area (Å²) in [7, 11) is 0. The zero-order valence-electron chi connectivity index (χ0n) is 9.57. The molecule has 0 aromatic carbocycles. The first-order chi connectivity index (χ1) is 7.15. The summed E-state index contributed by atoms with van der Waals surface area (Å²) in [6.45, 7) is 4.41. The first-order valence-corrected chi connectivity index (χ1v) is 5.76. The Morgan fingerprint density at radius 3 is 2.67 bits per heavy atom. The number of allylic oxidation sites excluding steroid dienone is 2. The smallest absolute Gasteiger partial charge is 0.223 e. The molecule has 2 unspecified atom stereocenters. The van der Waals surface area contributed by atoms with E-state index in [-0.39, 0.29) is 17.7 Å². The minimum absolute atomic E-state index is 0.0716. The zero-order valence-corrected chi connectivity index (χ0v) is 9.57. The summed E-state index contributed by atoms with van der Waals surface area (Å²) in [5, 5.41) is 12.5. The second kappa shape index (κ2) is 5.91. The Morgan fingerprint density at radius 2 is 2.13 bits per heavy atom. The lowest BCUT2D eigenvalue weighted by atomic mass is 10.0. The van der Waals surface area contributed by atoms with Gasteiger partial charge in [0.2, 0.25) is 5.91 Å². The lowest BCUT2D eigenvalue weighted by Gasteiger charge is -2.18. The fourth-order valence-electron chi connectivity index (χ4n) is 1.65. The lowest BCUT2D eigenvalue weighted by molar-refractivity contribution is -0.125. The van der Waals surface area contributed by atoms with Gasteiger partial charge in [0.05, 0.1) is 6.10 Å². The summed E-state index contributed by atoms with van der Waals surface area (Å²) >= 11 is 0. The van der Waals surface area contributed by atoms with E-state index in [0.717, 1.165) is 19.3 Å². The number of aliphatic hydroxyl groups is 1. The van der Waals surface area contributed by atoms with E-state index < -0.39 is 6.10 Å². The van der Waals surface area contributed by atoms with Crippen LogP contribution in [-0.2, 0) is 4.79 Å². The van der Waals surface area contributed by atoms with Crippen molar-refractivity contribution in [1.82, 2.24) is 5.32 Å². The molecule has 1 rings (SSSR count). The van der Waals surface area contributed by atoms with Crippen LogP contribution in [0, 0.1) is 11.8 Å². The summed E-state index contributed by atoms with van der Waals surface area (Å²) in [6.07, 6.45) is 6.26. The van der Waals surface area contributed by atoms with Crippen LogP contribution < -0.4 is 5.32 Å². The minimum atomic E-state index is -0.423. The maximum absolute atomic E-state index is 11.6. The van der Waals surface area contributed by atoms with Crippen molar-refractivity contribution < 1.29 is 9.90 Å². The Hall–Kier alpha value is -0.830. The van der Waals surface area contributed by atoms with E-state index >= 15 is 0 Å². The van der Waals surface area contributed by atoms with Crippen molar-refractivity contribution in [2.45, 2.75) is 39.2 Å². The highest BCUT2D eigenvalue weighted by Crippen LogP contribution is 2.17. The van der Waals surface area contributed by atoms with Gasteiger partial charge in [-0.1, -0.05) is 32.4 Å². The number of carbonyl (C=O) groups is 1. The third-order valence-corrected chi connectivity index (χ3v) is 3.16. The Bertz CT molecular complexity index is 230. The molecule has 15 heavy (non-hydrogen) atoms. The van der Waals surface area contributed by atoms with Gasteiger partial charge in [0.25, 0.3) is 0 Å². The summed E-state index contributed by atoms with van der Waals surface area (Å²) in [5.41, 5.74) is 0. The molecule has 0 aromatic rings. The molecule has 1 amide bonds.